The molecule has 100 valence electrons. The first kappa shape index (κ1) is 14.8. The topological polar surface area (TPSA) is 101 Å². The number of ether oxygens (including phenoxy) is 1. The van der Waals surface area contributed by atoms with Crippen molar-refractivity contribution in [3.05, 3.63) is 28.3 Å². The Morgan fingerprint density at radius 3 is 2.95 bits per heavy atom. The van der Waals surface area contributed by atoms with Crippen LogP contribution in [0, 0.1) is 21.6 Å². The lowest BCUT2D eigenvalue weighted by Crippen LogP contribution is -2.12. The van der Waals surface area contributed by atoms with E-state index in [1.807, 2.05) is 0 Å². The van der Waals surface area contributed by atoms with Gasteiger partial charge in [-0.2, -0.15) is 5.26 Å². The highest BCUT2D eigenvalue weighted by atomic mass is 32.2. The van der Waals surface area contributed by atoms with Gasteiger partial charge >= 0.3 is 5.69 Å². The second kappa shape index (κ2) is 7.23. The summed E-state index contributed by atoms with van der Waals surface area (Å²) in [5.41, 5.74) is 0.225. The van der Waals surface area contributed by atoms with Gasteiger partial charge in [-0.05, 0) is 25.3 Å². The zero-order chi connectivity index (χ0) is 14.3. The van der Waals surface area contributed by atoms with Gasteiger partial charge in [0.15, 0.2) is 17.1 Å². The number of nitrogens with zero attached hydrogens (tertiary/aromatic N) is 3. The van der Waals surface area contributed by atoms with E-state index in [1.54, 1.807) is 25.4 Å². The van der Waals surface area contributed by atoms with Gasteiger partial charge in [0.1, 0.15) is 0 Å². The minimum absolute atomic E-state index is 0.152. The molecule has 1 aromatic carbocycles. The van der Waals surface area contributed by atoms with Gasteiger partial charge in [-0.3, -0.25) is 15.4 Å². The Hall–Kier alpha value is -2.27. The first-order valence-electron chi connectivity index (χ1n) is 5.31. The van der Waals surface area contributed by atoms with Crippen LogP contribution in [0.3, 0.4) is 0 Å². The average molecular weight is 280 g/mol. The number of hydrogen-bond donors (Lipinski definition) is 1. The number of nitrogens with one attached hydrogen (secondary N) is 1. The lowest BCUT2D eigenvalue weighted by molar-refractivity contribution is -0.385. The van der Waals surface area contributed by atoms with Crippen molar-refractivity contribution in [2.24, 2.45) is 4.99 Å². The fraction of sp³-hybridized carbons (Fsp3) is 0.273. The smallest absolute Gasteiger partial charge is 0.313 e. The van der Waals surface area contributed by atoms with Crippen molar-refractivity contribution in [3.8, 4) is 11.9 Å². The van der Waals surface area contributed by atoms with Crippen molar-refractivity contribution in [2.75, 3.05) is 12.9 Å². The van der Waals surface area contributed by atoms with E-state index in [2.05, 4.69) is 10.3 Å². The van der Waals surface area contributed by atoms with Crippen LogP contribution in [0.1, 0.15) is 6.92 Å². The number of rotatable bonds is 4. The van der Waals surface area contributed by atoms with Crippen molar-refractivity contribution in [1.29, 1.82) is 5.26 Å². The minimum atomic E-state index is -0.527. The predicted molar refractivity (Wildman–Crippen MR) is 73.6 cm³/mol. The van der Waals surface area contributed by atoms with E-state index < -0.39 is 4.92 Å². The van der Waals surface area contributed by atoms with Crippen LogP contribution in [0.25, 0.3) is 0 Å². The zero-order valence-electron chi connectivity index (χ0n) is 10.4. The molecule has 0 bridgehead atoms. The van der Waals surface area contributed by atoms with Crippen LogP contribution in [0.15, 0.2) is 23.2 Å². The van der Waals surface area contributed by atoms with Crippen molar-refractivity contribution in [3.63, 3.8) is 0 Å². The highest BCUT2D eigenvalue weighted by molar-refractivity contribution is 8.13. The molecule has 0 atom stereocenters. The van der Waals surface area contributed by atoms with E-state index in [9.17, 15) is 10.1 Å². The molecule has 0 radical (unpaired) electrons. The third-order valence-electron chi connectivity index (χ3n) is 2.03. The highest BCUT2D eigenvalue weighted by Crippen LogP contribution is 2.31. The third-order valence-corrected chi connectivity index (χ3v) is 2.61. The minimum Gasteiger partial charge on any atom is -0.487 e. The molecule has 19 heavy (non-hydrogen) atoms. The van der Waals surface area contributed by atoms with Crippen LogP contribution in [-0.2, 0) is 0 Å². The standard InChI is InChI=1S/C11H12N4O3S/c1-3-18-10-5-4-8(6-9(10)15(16)17)14-11(19-2)13-7-12/h4-6H,3H2,1-2H3,(H,13,14). The molecule has 0 aromatic heterocycles. The Morgan fingerprint density at radius 2 is 2.42 bits per heavy atom. The van der Waals surface area contributed by atoms with E-state index >= 15 is 0 Å². The number of benzene rings is 1. The number of hydrogen-bond acceptors (Lipinski definition) is 6. The van der Waals surface area contributed by atoms with Crippen molar-refractivity contribution in [2.45, 2.75) is 6.92 Å². The largest absolute Gasteiger partial charge is 0.487 e. The third kappa shape index (κ3) is 4.15. The summed E-state index contributed by atoms with van der Waals surface area (Å²) < 4.78 is 5.17. The molecule has 8 heteroatoms. The maximum absolute atomic E-state index is 10.9. The maximum atomic E-state index is 10.9. The Kier molecular flexibility index (Phi) is 5.63. The van der Waals surface area contributed by atoms with Gasteiger partial charge in [0, 0.05) is 6.07 Å². The van der Waals surface area contributed by atoms with Crippen molar-refractivity contribution in [1.82, 2.24) is 5.32 Å². The van der Waals surface area contributed by atoms with E-state index in [1.165, 1.54) is 23.9 Å². The maximum Gasteiger partial charge on any atom is 0.313 e. The average Bonchev–Trinajstić information content (AvgIpc) is 2.40. The van der Waals surface area contributed by atoms with Crippen LogP contribution in [-0.4, -0.2) is 23.0 Å². The molecule has 0 saturated carbocycles. The molecular formula is C11H12N4O3S. The molecule has 0 fully saturated rings. The lowest BCUT2D eigenvalue weighted by atomic mass is 10.2. The number of nitro groups is 1. The molecule has 1 aromatic rings. The van der Waals surface area contributed by atoms with Crippen LogP contribution in [0.4, 0.5) is 11.4 Å². The molecule has 0 spiro atoms. The zero-order valence-corrected chi connectivity index (χ0v) is 11.2. The van der Waals surface area contributed by atoms with Crippen molar-refractivity contribution < 1.29 is 9.66 Å². The molecule has 7 nitrogen and oxygen atoms in total. The number of nitriles is 1. The molecular weight excluding hydrogens is 268 g/mol. The molecule has 1 N–H and O–H groups in total. The van der Waals surface area contributed by atoms with E-state index in [-0.39, 0.29) is 11.4 Å². The van der Waals surface area contributed by atoms with Crippen LogP contribution in [0.5, 0.6) is 5.75 Å². The summed E-state index contributed by atoms with van der Waals surface area (Å²) in [5.74, 6) is 0.199. The number of nitro benzene ring substituents is 1. The van der Waals surface area contributed by atoms with Gasteiger partial charge in [0.25, 0.3) is 0 Å². The molecule has 1 rings (SSSR count). The second-order valence-electron chi connectivity index (χ2n) is 3.20. The molecule has 0 aliphatic heterocycles. The Balaban J connectivity index is 3.15. The SMILES string of the molecule is CCOc1ccc(N=C(NC#N)SC)cc1[N+](=O)[O-]. The van der Waals surface area contributed by atoms with Gasteiger partial charge in [-0.15, -0.1) is 0 Å². The normalized spacial score (nSPS) is 10.7. The fourth-order valence-electron chi connectivity index (χ4n) is 1.29. The molecule has 0 heterocycles. The first-order valence-corrected chi connectivity index (χ1v) is 6.53. The molecule has 0 aliphatic rings. The van der Waals surface area contributed by atoms with Gasteiger partial charge in [-0.1, -0.05) is 11.8 Å². The summed E-state index contributed by atoms with van der Waals surface area (Å²) in [5, 5.41) is 22.2. The summed E-state index contributed by atoms with van der Waals surface area (Å²) in [6.45, 7) is 2.09. The Morgan fingerprint density at radius 1 is 1.68 bits per heavy atom. The second-order valence-corrected chi connectivity index (χ2v) is 3.99. The molecule has 0 unspecified atom stereocenters. The monoisotopic (exact) mass is 280 g/mol. The number of aliphatic imine (C=N–C) groups is 1. The number of amidine groups is 1. The van der Waals surface area contributed by atoms with Crippen LogP contribution < -0.4 is 10.1 Å². The van der Waals surface area contributed by atoms with Gasteiger partial charge < -0.3 is 4.74 Å². The Bertz CT molecular complexity index is 539. The van der Waals surface area contributed by atoms with E-state index in [0.717, 1.165) is 0 Å². The van der Waals surface area contributed by atoms with Crippen molar-refractivity contribution >= 4 is 28.3 Å². The quantitative estimate of drug-likeness (QED) is 0.227. The fourth-order valence-corrected chi connectivity index (χ4v) is 1.63. The van der Waals surface area contributed by atoms with Crippen LogP contribution >= 0.6 is 11.8 Å². The highest BCUT2D eigenvalue weighted by Gasteiger charge is 2.15. The van der Waals surface area contributed by atoms with Gasteiger partial charge in [-0.25, -0.2) is 4.99 Å². The molecule has 0 aliphatic carbocycles. The summed E-state index contributed by atoms with van der Waals surface area (Å²) >= 11 is 1.23. The molecule has 0 amide bonds. The first-order chi connectivity index (χ1) is 9.12. The Labute approximate surface area is 114 Å². The van der Waals surface area contributed by atoms with E-state index in [4.69, 9.17) is 10.00 Å². The summed E-state index contributed by atoms with van der Waals surface area (Å²) in [6, 6.07) is 4.39. The van der Waals surface area contributed by atoms with Gasteiger partial charge in [0.05, 0.1) is 17.2 Å². The number of thioether (sulfide) groups is 1. The lowest BCUT2D eigenvalue weighted by Gasteiger charge is -2.05. The van der Waals surface area contributed by atoms with E-state index in [0.29, 0.717) is 17.5 Å². The van der Waals surface area contributed by atoms with Crippen LogP contribution in [0.2, 0.25) is 0 Å². The summed E-state index contributed by atoms with van der Waals surface area (Å²) in [6.07, 6.45) is 3.49. The molecule has 0 saturated heterocycles. The summed E-state index contributed by atoms with van der Waals surface area (Å²) in [4.78, 5) is 14.5. The predicted octanol–water partition coefficient (Wildman–Crippen LogP) is 2.41. The summed E-state index contributed by atoms with van der Waals surface area (Å²) in [7, 11) is 0. The van der Waals surface area contributed by atoms with Gasteiger partial charge in [0.2, 0.25) is 0 Å².